The zero-order chi connectivity index (χ0) is 14.7. The summed E-state index contributed by atoms with van der Waals surface area (Å²) in [6, 6.07) is 5.81. The second-order valence-corrected chi connectivity index (χ2v) is 5.01. The zero-order valence-electron chi connectivity index (χ0n) is 12.4. The first-order chi connectivity index (χ1) is 9.56. The Morgan fingerprint density at radius 1 is 1.40 bits per heavy atom. The Kier molecular flexibility index (Phi) is 4.39. The minimum atomic E-state index is -0.00842. The summed E-state index contributed by atoms with van der Waals surface area (Å²) in [7, 11) is 1.66. The van der Waals surface area contributed by atoms with Gasteiger partial charge >= 0.3 is 0 Å². The molecule has 0 aliphatic heterocycles. The molecule has 108 valence electrons. The Labute approximate surface area is 119 Å². The van der Waals surface area contributed by atoms with Crippen molar-refractivity contribution < 1.29 is 9.26 Å². The van der Waals surface area contributed by atoms with E-state index in [-0.39, 0.29) is 12.0 Å². The van der Waals surface area contributed by atoms with Crippen molar-refractivity contribution in [2.45, 2.75) is 39.2 Å². The van der Waals surface area contributed by atoms with Crippen molar-refractivity contribution in [3.63, 3.8) is 0 Å². The molecule has 1 heterocycles. The summed E-state index contributed by atoms with van der Waals surface area (Å²) in [6.07, 6.45) is 0.876. The topological polar surface area (TPSA) is 74.2 Å². The maximum absolute atomic E-state index is 5.94. The second-order valence-electron chi connectivity index (χ2n) is 5.01. The average molecular weight is 275 g/mol. The van der Waals surface area contributed by atoms with Crippen molar-refractivity contribution in [2.24, 2.45) is 5.73 Å². The zero-order valence-corrected chi connectivity index (χ0v) is 12.4. The van der Waals surface area contributed by atoms with Gasteiger partial charge in [-0.25, -0.2) is 0 Å². The molecule has 0 saturated carbocycles. The van der Waals surface area contributed by atoms with Gasteiger partial charge in [0.05, 0.1) is 13.0 Å². The number of hydrogen-bond donors (Lipinski definition) is 1. The predicted octanol–water partition coefficient (Wildman–Crippen LogP) is 2.89. The fourth-order valence-electron chi connectivity index (χ4n) is 2.29. The van der Waals surface area contributed by atoms with Crippen LogP contribution in [0.1, 0.15) is 37.6 Å². The van der Waals surface area contributed by atoms with E-state index in [1.165, 1.54) is 0 Å². The molecule has 2 atom stereocenters. The summed E-state index contributed by atoms with van der Waals surface area (Å²) in [5.74, 6) is 2.13. The van der Waals surface area contributed by atoms with E-state index >= 15 is 0 Å². The molecular formula is C15H21N3O2. The Morgan fingerprint density at radius 3 is 2.70 bits per heavy atom. The average Bonchev–Trinajstić information content (AvgIpc) is 2.88. The van der Waals surface area contributed by atoms with Crippen LogP contribution in [0.4, 0.5) is 0 Å². The molecule has 1 aromatic carbocycles. The number of ether oxygens (including phenoxy) is 1. The summed E-state index contributed by atoms with van der Waals surface area (Å²) in [5.41, 5.74) is 7.90. The van der Waals surface area contributed by atoms with Gasteiger partial charge in [0.25, 0.3) is 0 Å². The number of nitrogens with zero attached hydrogens (tertiary/aromatic N) is 2. The molecule has 0 aliphatic rings. The minimum absolute atomic E-state index is 0.00842. The molecule has 0 amide bonds. The molecule has 0 saturated heterocycles. The van der Waals surface area contributed by atoms with Gasteiger partial charge in [-0.1, -0.05) is 12.1 Å². The molecular weight excluding hydrogens is 254 g/mol. The molecule has 5 nitrogen and oxygen atoms in total. The maximum atomic E-state index is 5.94. The highest BCUT2D eigenvalue weighted by molar-refractivity contribution is 5.58. The fourth-order valence-corrected chi connectivity index (χ4v) is 2.29. The lowest BCUT2D eigenvalue weighted by atomic mass is 9.99. The van der Waals surface area contributed by atoms with E-state index in [2.05, 4.69) is 17.1 Å². The third-order valence-corrected chi connectivity index (χ3v) is 3.49. The van der Waals surface area contributed by atoms with Crippen molar-refractivity contribution in [3.8, 4) is 17.1 Å². The molecule has 0 bridgehead atoms. The molecule has 2 N–H and O–H groups in total. The van der Waals surface area contributed by atoms with Crippen molar-refractivity contribution in [2.75, 3.05) is 7.11 Å². The minimum Gasteiger partial charge on any atom is -0.496 e. The highest BCUT2D eigenvalue weighted by Crippen LogP contribution is 2.27. The van der Waals surface area contributed by atoms with Crippen LogP contribution >= 0.6 is 0 Å². The number of aromatic nitrogens is 2. The van der Waals surface area contributed by atoms with E-state index < -0.39 is 0 Å². The van der Waals surface area contributed by atoms with Crippen LogP contribution in [0.25, 0.3) is 11.4 Å². The smallest absolute Gasteiger partial charge is 0.231 e. The van der Waals surface area contributed by atoms with E-state index in [0.29, 0.717) is 11.7 Å². The van der Waals surface area contributed by atoms with Crippen LogP contribution < -0.4 is 10.5 Å². The number of methoxy groups -OCH3 is 1. The molecule has 0 aliphatic carbocycles. The third-order valence-electron chi connectivity index (χ3n) is 3.49. The molecule has 0 radical (unpaired) electrons. The lowest BCUT2D eigenvalue weighted by Crippen LogP contribution is -2.24. The van der Waals surface area contributed by atoms with Gasteiger partial charge in [0.15, 0.2) is 0 Å². The van der Waals surface area contributed by atoms with E-state index in [1.54, 1.807) is 7.11 Å². The van der Waals surface area contributed by atoms with Gasteiger partial charge in [-0.2, -0.15) is 4.98 Å². The molecule has 2 aromatic rings. The van der Waals surface area contributed by atoms with Gasteiger partial charge in [-0.05, 0) is 44.0 Å². The third kappa shape index (κ3) is 2.82. The Balaban J connectivity index is 2.31. The molecule has 1 aromatic heterocycles. The van der Waals surface area contributed by atoms with Gasteiger partial charge in [-0.15, -0.1) is 0 Å². The summed E-state index contributed by atoms with van der Waals surface area (Å²) in [5, 5.41) is 4.05. The van der Waals surface area contributed by atoms with Crippen LogP contribution in [0.15, 0.2) is 22.7 Å². The molecule has 0 fully saturated rings. The van der Waals surface area contributed by atoms with E-state index in [4.69, 9.17) is 15.0 Å². The Morgan fingerprint density at radius 2 is 2.15 bits per heavy atom. The van der Waals surface area contributed by atoms with Gasteiger partial charge in [0.1, 0.15) is 5.75 Å². The van der Waals surface area contributed by atoms with Crippen LogP contribution in [-0.2, 0) is 0 Å². The normalized spacial score (nSPS) is 14.1. The SMILES string of the molecule is CCC(c1nc(-c2ccc(OC)c(C)c2)no1)C(C)N. The summed E-state index contributed by atoms with van der Waals surface area (Å²) >= 11 is 0. The number of nitrogens with two attached hydrogens (primary N) is 1. The highest BCUT2D eigenvalue weighted by atomic mass is 16.5. The first kappa shape index (κ1) is 14.5. The van der Waals surface area contributed by atoms with Crippen LogP contribution in [-0.4, -0.2) is 23.3 Å². The van der Waals surface area contributed by atoms with Crippen LogP contribution in [0.5, 0.6) is 5.75 Å². The van der Waals surface area contributed by atoms with Crippen molar-refractivity contribution in [1.82, 2.24) is 10.1 Å². The summed E-state index contributed by atoms with van der Waals surface area (Å²) in [6.45, 7) is 6.01. The number of aryl methyl sites for hydroxylation is 1. The first-order valence-electron chi connectivity index (χ1n) is 6.81. The highest BCUT2D eigenvalue weighted by Gasteiger charge is 2.21. The Bertz CT molecular complexity index is 578. The van der Waals surface area contributed by atoms with Crippen LogP contribution in [0, 0.1) is 6.92 Å². The summed E-state index contributed by atoms with van der Waals surface area (Å²) in [4.78, 5) is 4.47. The van der Waals surface area contributed by atoms with Crippen LogP contribution in [0.2, 0.25) is 0 Å². The lowest BCUT2D eigenvalue weighted by molar-refractivity contribution is 0.334. The van der Waals surface area contributed by atoms with Gasteiger partial charge in [0.2, 0.25) is 11.7 Å². The second kappa shape index (κ2) is 6.05. The molecule has 0 spiro atoms. The quantitative estimate of drug-likeness (QED) is 0.908. The summed E-state index contributed by atoms with van der Waals surface area (Å²) < 4.78 is 10.6. The van der Waals surface area contributed by atoms with E-state index in [1.807, 2.05) is 32.0 Å². The number of hydrogen-bond acceptors (Lipinski definition) is 5. The van der Waals surface area contributed by atoms with Crippen molar-refractivity contribution in [3.05, 3.63) is 29.7 Å². The predicted molar refractivity (Wildman–Crippen MR) is 77.7 cm³/mol. The number of rotatable bonds is 5. The van der Waals surface area contributed by atoms with Crippen LogP contribution in [0.3, 0.4) is 0 Å². The monoisotopic (exact) mass is 275 g/mol. The molecule has 20 heavy (non-hydrogen) atoms. The van der Waals surface area contributed by atoms with Gasteiger partial charge in [-0.3, -0.25) is 0 Å². The maximum Gasteiger partial charge on any atom is 0.231 e. The first-order valence-corrected chi connectivity index (χ1v) is 6.81. The fraction of sp³-hybridized carbons (Fsp3) is 0.467. The Hall–Kier alpha value is -1.88. The van der Waals surface area contributed by atoms with E-state index in [9.17, 15) is 0 Å². The largest absolute Gasteiger partial charge is 0.496 e. The van der Waals surface area contributed by atoms with Crippen molar-refractivity contribution in [1.29, 1.82) is 0 Å². The van der Waals surface area contributed by atoms with Gasteiger partial charge in [0, 0.05) is 11.6 Å². The standard InChI is InChI=1S/C15H21N3O2/c1-5-12(10(3)16)15-17-14(18-20-15)11-6-7-13(19-4)9(2)8-11/h6-8,10,12H,5,16H2,1-4H3. The van der Waals surface area contributed by atoms with E-state index in [0.717, 1.165) is 23.3 Å². The molecule has 2 unspecified atom stereocenters. The van der Waals surface area contributed by atoms with Gasteiger partial charge < -0.3 is 15.0 Å². The molecule has 5 heteroatoms. The number of benzene rings is 1. The van der Waals surface area contributed by atoms with Crippen molar-refractivity contribution >= 4 is 0 Å². The lowest BCUT2D eigenvalue weighted by Gasteiger charge is -2.13. The molecule has 2 rings (SSSR count).